The zero-order chi connectivity index (χ0) is 10.1. The van der Waals surface area contributed by atoms with Crippen molar-refractivity contribution in [2.75, 3.05) is 5.73 Å². The first kappa shape index (κ1) is 8.93. The van der Waals surface area contributed by atoms with Crippen molar-refractivity contribution in [2.24, 2.45) is 0 Å². The summed E-state index contributed by atoms with van der Waals surface area (Å²) in [7, 11) is 0. The number of aromatic nitrogens is 2. The molecule has 0 spiro atoms. The summed E-state index contributed by atoms with van der Waals surface area (Å²) in [5.74, 6) is -0.165. The molecule has 1 aliphatic carbocycles. The number of carbonyl (C=O) groups is 1. The number of nitrogens with two attached hydrogens (primary N) is 1. The zero-order valence-corrected chi connectivity index (χ0v) is 7.66. The molecule has 0 saturated carbocycles. The number of hydrogen-bond acceptors (Lipinski definition) is 4. The van der Waals surface area contributed by atoms with Crippen molar-refractivity contribution in [3.63, 3.8) is 0 Å². The maximum Gasteiger partial charge on any atom is 0.311 e. The molecule has 0 amide bonds. The molecule has 1 aromatic rings. The Kier molecular flexibility index (Phi) is 2.07. The number of aryl methyl sites for hydroxylation is 1. The Bertz CT molecular complexity index is 390. The molecule has 0 aliphatic heterocycles. The number of nitrogens with zero attached hydrogens (tertiary/aromatic N) is 2. The van der Waals surface area contributed by atoms with E-state index in [4.69, 9.17) is 10.8 Å². The lowest BCUT2D eigenvalue weighted by Gasteiger charge is -2.04. The lowest BCUT2D eigenvalue weighted by molar-refractivity contribution is -0.136. The highest BCUT2D eigenvalue weighted by Crippen LogP contribution is 2.24. The van der Waals surface area contributed by atoms with Crippen molar-refractivity contribution in [2.45, 2.75) is 25.7 Å². The van der Waals surface area contributed by atoms with E-state index >= 15 is 0 Å². The van der Waals surface area contributed by atoms with Gasteiger partial charge in [-0.05, 0) is 19.3 Å². The van der Waals surface area contributed by atoms with Crippen LogP contribution in [0.4, 0.5) is 5.82 Å². The summed E-state index contributed by atoms with van der Waals surface area (Å²) in [5.41, 5.74) is 7.63. The standard InChI is InChI=1S/C9H11N3O2/c10-9-5-2-1-3-6(5)11-7(12-9)4-8(13)14/h1-4H2,(H,13,14)(H2,10,11,12). The SMILES string of the molecule is Nc1nc(CC(=O)O)nc2c1CCC2. The molecule has 1 aromatic heterocycles. The van der Waals surface area contributed by atoms with Crippen LogP contribution in [0.15, 0.2) is 0 Å². The lowest BCUT2D eigenvalue weighted by atomic mass is 10.2. The van der Waals surface area contributed by atoms with E-state index in [1.54, 1.807) is 0 Å². The number of aliphatic carboxylic acids is 1. The van der Waals surface area contributed by atoms with Crippen molar-refractivity contribution >= 4 is 11.8 Å². The second-order valence-corrected chi connectivity index (χ2v) is 3.37. The summed E-state index contributed by atoms with van der Waals surface area (Å²) >= 11 is 0. The van der Waals surface area contributed by atoms with Crippen LogP contribution in [-0.2, 0) is 24.1 Å². The molecule has 0 fully saturated rings. The largest absolute Gasteiger partial charge is 0.481 e. The number of nitrogen functional groups attached to an aromatic ring is 1. The summed E-state index contributed by atoms with van der Waals surface area (Å²) in [6.45, 7) is 0. The Morgan fingerprint density at radius 2 is 2.21 bits per heavy atom. The first-order chi connectivity index (χ1) is 6.66. The Balaban J connectivity index is 2.36. The van der Waals surface area contributed by atoms with Crippen LogP contribution in [0.3, 0.4) is 0 Å². The Labute approximate surface area is 81.0 Å². The molecular formula is C9H11N3O2. The molecule has 14 heavy (non-hydrogen) atoms. The molecule has 0 radical (unpaired) electrons. The van der Waals surface area contributed by atoms with Crippen LogP contribution in [0.2, 0.25) is 0 Å². The fraction of sp³-hybridized carbons (Fsp3) is 0.444. The van der Waals surface area contributed by atoms with Gasteiger partial charge in [0.2, 0.25) is 0 Å². The molecule has 0 aromatic carbocycles. The number of rotatable bonds is 2. The highest BCUT2D eigenvalue weighted by molar-refractivity contribution is 5.69. The van der Waals surface area contributed by atoms with Gasteiger partial charge in [-0.1, -0.05) is 0 Å². The van der Waals surface area contributed by atoms with Crippen LogP contribution in [0.5, 0.6) is 0 Å². The molecule has 0 bridgehead atoms. The minimum Gasteiger partial charge on any atom is -0.481 e. The van der Waals surface area contributed by atoms with E-state index < -0.39 is 5.97 Å². The minimum atomic E-state index is -0.928. The van der Waals surface area contributed by atoms with Crippen molar-refractivity contribution in [1.29, 1.82) is 0 Å². The van der Waals surface area contributed by atoms with E-state index in [1.807, 2.05) is 0 Å². The molecule has 5 nitrogen and oxygen atoms in total. The molecule has 1 aliphatic rings. The number of carboxylic acids is 1. The second-order valence-electron chi connectivity index (χ2n) is 3.37. The maximum atomic E-state index is 10.5. The third-order valence-electron chi connectivity index (χ3n) is 2.32. The number of anilines is 1. The van der Waals surface area contributed by atoms with E-state index in [0.29, 0.717) is 11.6 Å². The van der Waals surface area contributed by atoms with Crippen LogP contribution in [0, 0.1) is 0 Å². The quantitative estimate of drug-likeness (QED) is 0.699. The van der Waals surface area contributed by atoms with E-state index in [2.05, 4.69) is 9.97 Å². The fourth-order valence-electron chi connectivity index (χ4n) is 1.73. The van der Waals surface area contributed by atoms with Gasteiger partial charge in [-0.3, -0.25) is 4.79 Å². The van der Waals surface area contributed by atoms with Crippen LogP contribution in [0.1, 0.15) is 23.5 Å². The number of fused-ring (bicyclic) bond motifs is 1. The Morgan fingerprint density at radius 3 is 2.93 bits per heavy atom. The maximum absolute atomic E-state index is 10.5. The van der Waals surface area contributed by atoms with Crippen molar-refractivity contribution in [3.8, 4) is 0 Å². The first-order valence-electron chi connectivity index (χ1n) is 4.53. The monoisotopic (exact) mass is 193 g/mol. The molecule has 3 N–H and O–H groups in total. The van der Waals surface area contributed by atoms with E-state index in [9.17, 15) is 4.79 Å². The normalized spacial score (nSPS) is 14.0. The average Bonchev–Trinajstić information content (AvgIpc) is 2.50. The predicted molar refractivity (Wildman–Crippen MR) is 49.8 cm³/mol. The van der Waals surface area contributed by atoms with Gasteiger partial charge in [0, 0.05) is 11.3 Å². The average molecular weight is 193 g/mol. The van der Waals surface area contributed by atoms with Gasteiger partial charge in [-0.25, -0.2) is 9.97 Å². The predicted octanol–water partition coefficient (Wildman–Crippen LogP) is 0.175. The van der Waals surface area contributed by atoms with Crippen molar-refractivity contribution in [1.82, 2.24) is 9.97 Å². The van der Waals surface area contributed by atoms with Crippen LogP contribution >= 0.6 is 0 Å². The molecule has 5 heteroatoms. The van der Waals surface area contributed by atoms with E-state index in [1.165, 1.54) is 0 Å². The highest BCUT2D eigenvalue weighted by Gasteiger charge is 2.18. The molecule has 0 saturated heterocycles. The Morgan fingerprint density at radius 1 is 1.43 bits per heavy atom. The van der Waals surface area contributed by atoms with E-state index in [-0.39, 0.29) is 6.42 Å². The molecule has 0 atom stereocenters. The van der Waals surface area contributed by atoms with Gasteiger partial charge in [0.15, 0.2) is 0 Å². The van der Waals surface area contributed by atoms with Gasteiger partial charge >= 0.3 is 5.97 Å². The lowest BCUT2D eigenvalue weighted by Crippen LogP contribution is -2.09. The third kappa shape index (κ3) is 1.53. The number of hydrogen-bond donors (Lipinski definition) is 2. The van der Waals surface area contributed by atoms with Crippen molar-refractivity contribution < 1.29 is 9.90 Å². The third-order valence-corrected chi connectivity index (χ3v) is 2.32. The minimum absolute atomic E-state index is 0.155. The summed E-state index contributed by atoms with van der Waals surface area (Å²) in [4.78, 5) is 18.6. The summed E-state index contributed by atoms with van der Waals surface area (Å²) < 4.78 is 0. The van der Waals surface area contributed by atoms with Crippen LogP contribution in [0.25, 0.3) is 0 Å². The summed E-state index contributed by atoms with van der Waals surface area (Å²) in [5, 5.41) is 8.59. The summed E-state index contributed by atoms with van der Waals surface area (Å²) in [6.07, 6.45) is 2.67. The van der Waals surface area contributed by atoms with Crippen LogP contribution < -0.4 is 5.73 Å². The topological polar surface area (TPSA) is 89.1 Å². The molecule has 2 rings (SSSR count). The van der Waals surface area contributed by atoms with E-state index in [0.717, 1.165) is 30.5 Å². The van der Waals surface area contributed by atoms with Gasteiger partial charge in [0.1, 0.15) is 18.1 Å². The van der Waals surface area contributed by atoms with Crippen LogP contribution in [-0.4, -0.2) is 21.0 Å². The molecule has 74 valence electrons. The second kappa shape index (κ2) is 3.25. The first-order valence-corrected chi connectivity index (χ1v) is 4.53. The van der Waals surface area contributed by atoms with Crippen molar-refractivity contribution in [3.05, 3.63) is 17.1 Å². The smallest absolute Gasteiger partial charge is 0.311 e. The summed E-state index contributed by atoms with van der Waals surface area (Å²) in [6, 6.07) is 0. The fourth-order valence-corrected chi connectivity index (χ4v) is 1.73. The Hall–Kier alpha value is -1.65. The zero-order valence-electron chi connectivity index (χ0n) is 7.66. The van der Waals surface area contributed by atoms with Gasteiger partial charge in [0.25, 0.3) is 0 Å². The number of carboxylic acid groups (broad SMARTS) is 1. The molecule has 0 unspecified atom stereocenters. The highest BCUT2D eigenvalue weighted by atomic mass is 16.4. The van der Waals surface area contributed by atoms with Gasteiger partial charge in [0.05, 0.1) is 0 Å². The van der Waals surface area contributed by atoms with Gasteiger partial charge in [-0.2, -0.15) is 0 Å². The molecule has 1 heterocycles. The van der Waals surface area contributed by atoms with Gasteiger partial charge < -0.3 is 10.8 Å². The van der Waals surface area contributed by atoms with Gasteiger partial charge in [-0.15, -0.1) is 0 Å². The molecular weight excluding hydrogens is 182 g/mol.